The molecule has 0 spiro atoms. The number of phenols is 1. The predicted molar refractivity (Wildman–Crippen MR) is 108 cm³/mol. The van der Waals surface area contributed by atoms with Crippen molar-refractivity contribution in [1.29, 1.82) is 0 Å². The van der Waals surface area contributed by atoms with Gasteiger partial charge in [0.05, 0.1) is 11.6 Å². The summed E-state index contributed by atoms with van der Waals surface area (Å²) >= 11 is 0. The van der Waals surface area contributed by atoms with Crippen molar-refractivity contribution in [3.8, 4) is 5.75 Å². The number of pyridine rings is 1. The van der Waals surface area contributed by atoms with E-state index in [1.54, 1.807) is 36.4 Å². The molecule has 3 aromatic rings. The number of aromatic hydroxyl groups is 1. The lowest BCUT2D eigenvalue weighted by molar-refractivity contribution is -0.132. The van der Waals surface area contributed by atoms with E-state index < -0.39 is 17.7 Å². The van der Waals surface area contributed by atoms with Crippen LogP contribution >= 0.6 is 0 Å². The first-order valence-electron chi connectivity index (χ1n) is 9.04. The van der Waals surface area contributed by atoms with Gasteiger partial charge in [-0.15, -0.1) is 0 Å². The fraction of sp³-hybridized carbons (Fsp3) is 0.0870. The van der Waals surface area contributed by atoms with Gasteiger partial charge in [0, 0.05) is 23.6 Å². The number of anilines is 1. The number of aliphatic hydroxyl groups excluding tert-OH is 1. The minimum atomic E-state index is -0.827. The molecule has 2 heterocycles. The summed E-state index contributed by atoms with van der Waals surface area (Å²) in [6, 6.07) is 15.8. The molecule has 4 rings (SSSR count). The van der Waals surface area contributed by atoms with Crippen LogP contribution < -0.4 is 4.90 Å². The summed E-state index contributed by atoms with van der Waals surface area (Å²) < 4.78 is 0. The number of Topliss-reactive ketones (excluding diaryl/α,β-unsaturated/α-hetero) is 1. The number of nitrogens with zero attached hydrogens (tertiary/aromatic N) is 2. The number of ketones is 1. The number of carbonyl (C=O) groups is 2. The minimum Gasteiger partial charge on any atom is -0.508 e. The maximum absolute atomic E-state index is 13.0. The third kappa shape index (κ3) is 3.25. The molecule has 1 atom stereocenters. The number of rotatable bonds is 3. The van der Waals surface area contributed by atoms with E-state index in [0.29, 0.717) is 16.8 Å². The Balaban J connectivity index is 1.94. The number of hydrogen-bond donors (Lipinski definition) is 2. The van der Waals surface area contributed by atoms with Gasteiger partial charge >= 0.3 is 0 Å². The molecule has 2 N–H and O–H groups in total. The third-order valence-corrected chi connectivity index (χ3v) is 4.92. The maximum atomic E-state index is 13.0. The summed E-state index contributed by atoms with van der Waals surface area (Å²) in [6.45, 7) is 1.93. The largest absolute Gasteiger partial charge is 0.508 e. The summed E-state index contributed by atoms with van der Waals surface area (Å²) in [6.07, 6.45) is 3.00. The van der Waals surface area contributed by atoms with Crippen molar-refractivity contribution >= 4 is 23.1 Å². The van der Waals surface area contributed by atoms with E-state index in [1.807, 2.05) is 19.1 Å². The summed E-state index contributed by atoms with van der Waals surface area (Å²) in [5.74, 6) is -1.69. The molecule has 0 aliphatic carbocycles. The van der Waals surface area contributed by atoms with E-state index in [2.05, 4.69) is 4.98 Å². The van der Waals surface area contributed by atoms with E-state index in [9.17, 15) is 19.8 Å². The van der Waals surface area contributed by atoms with E-state index in [-0.39, 0.29) is 17.1 Å². The van der Waals surface area contributed by atoms with Crippen LogP contribution in [0.3, 0.4) is 0 Å². The van der Waals surface area contributed by atoms with Gasteiger partial charge in [-0.3, -0.25) is 19.5 Å². The lowest BCUT2D eigenvalue weighted by Crippen LogP contribution is -2.29. The zero-order valence-corrected chi connectivity index (χ0v) is 15.6. The smallest absolute Gasteiger partial charge is 0.300 e. The van der Waals surface area contributed by atoms with Crippen LogP contribution in [0.4, 0.5) is 5.69 Å². The Morgan fingerprint density at radius 3 is 2.17 bits per heavy atom. The second-order valence-electron chi connectivity index (χ2n) is 6.83. The second kappa shape index (κ2) is 7.24. The molecule has 1 saturated heterocycles. The van der Waals surface area contributed by atoms with Gasteiger partial charge in [-0.25, -0.2) is 0 Å². The molecular formula is C23H18N2O4. The first-order chi connectivity index (χ1) is 14.0. The molecule has 1 amide bonds. The van der Waals surface area contributed by atoms with Gasteiger partial charge in [-0.2, -0.15) is 0 Å². The fourth-order valence-electron chi connectivity index (χ4n) is 3.44. The lowest BCUT2D eigenvalue weighted by Gasteiger charge is -2.25. The monoisotopic (exact) mass is 386 g/mol. The molecule has 2 aromatic carbocycles. The summed E-state index contributed by atoms with van der Waals surface area (Å²) in [4.78, 5) is 31.2. The van der Waals surface area contributed by atoms with Crippen LogP contribution in [0.5, 0.6) is 5.75 Å². The standard InChI is InChI=1S/C23H18N2O4/c1-14-2-6-17(7-3-14)25-20(15-4-8-18(26)9-5-15)19(22(28)23(25)29)21(27)16-10-12-24-13-11-16/h2-13,20,26-27H,1H3/b21-19-. The molecule has 1 fully saturated rings. The maximum Gasteiger partial charge on any atom is 0.300 e. The number of aromatic nitrogens is 1. The number of phenolic OH excluding ortho intramolecular Hbond substituents is 1. The molecule has 0 bridgehead atoms. The van der Waals surface area contributed by atoms with Gasteiger partial charge in [0.25, 0.3) is 11.7 Å². The summed E-state index contributed by atoms with van der Waals surface area (Å²) in [5, 5.41) is 20.6. The van der Waals surface area contributed by atoms with Crippen molar-refractivity contribution in [3.05, 3.63) is 95.3 Å². The van der Waals surface area contributed by atoms with Crippen LogP contribution in [0, 0.1) is 6.92 Å². The molecule has 29 heavy (non-hydrogen) atoms. The molecule has 1 aliphatic heterocycles. The highest BCUT2D eigenvalue weighted by atomic mass is 16.3. The number of amides is 1. The fourth-order valence-corrected chi connectivity index (χ4v) is 3.44. The predicted octanol–water partition coefficient (Wildman–Crippen LogP) is 3.72. The Morgan fingerprint density at radius 1 is 0.931 bits per heavy atom. The Labute approximate surface area is 167 Å². The van der Waals surface area contributed by atoms with Crippen LogP contribution in [0.2, 0.25) is 0 Å². The van der Waals surface area contributed by atoms with E-state index in [4.69, 9.17) is 0 Å². The van der Waals surface area contributed by atoms with Gasteiger partial charge < -0.3 is 10.2 Å². The van der Waals surface area contributed by atoms with Gasteiger partial charge in [-0.1, -0.05) is 29.8 Å². The van der Waals surface area contributed by atoms with E-state index in [0.717, 1.165) is 5.56 Å². The molecule has 1 aromatic heterocycles. The number of carbonyl (C=O) groups excluding carboxylic acids is 2. The van der Waals surface area contributed by atoms with Gasteiger partial charge in [0.15, 0.2) is 0 Å². The highest BCUT2D eigenvalue weighted by Gasteiger charge is 2.46. The normalized spacial score (nSPS) is 18.2. The summed E-state index contributed by atoms with van der Waals surface area (Å²) in [7, 11) is 0. The van der Waals surface area contributed by atoms with E-state index in [1.165, 1.54) is 29.4 Å². The topological polar surface area (TPSA) is 90.7 Å². The molecule has 144 valence electrons. The Bertz CT molecular complexity index is 1100. The SMILES string of the molecule is Cc1ccc(N2C(=O)C(=O)/C(=C(\O)c3ccncc3)C2c2ccc(O)cc2)cc1. The van der Waals surface area contributed by atoms with Crippen molar-refractivity contribution in [1.82, 2.24) is 4.98 Å². The van der Waals surface area contributed by atoms with Gasteiger partial charge in [-0.05, 0) is 48.9 Å². The molecule has 1 unspecified atom stereocenters. The number of aliphatic hydroxyl groups is 1. The Kier molecular flexibility index (Phi) is 4.60. The molecule has 0 radical (unpaired) electrons. The molecule has 1 aliphatic rings. The first kappa shape index (κ1) is 18.4. The molecule has 6 nitrogen and oxygen atoms in total. The van der Waals surface area contributed by atoms with Crippen molar-refractivity contribution in [2.75, 3.05) is 4.90 Å². The zero-order valence-electron chi connectivity index (χ0n) is 15.6. The summed E-state index contributed by atoms with van der Waals surface area (Å²) in [5.41, 5.74) is 2.55. The van der Waals surface area contributed by atoms with Crippen LogP contribution in [-0.4, -0.2) is 26.9 Å². The van der Waals surface area contributed by atoms with Crippen molar-refractivity contribution in [2.24, 2.45) is 0 Å². The number of benzene rings is 2. The van der Waals surface area contributed by atoms with Gasteiger partial charge in [0.2, 0.25) is 0 Å². The van der Waals surface area contributed by atoms with Crippen LogP contribution in [-0.2, 0) is 9.59 Å². The average molecular weight is 386 g/mol. The number of hydrogen-bond acceptors (Lipinski definition) is 5. The van der Waals surface area contributed by atoms with Crippen LogP contribution in [0.1, 0.15) is 22.7 Å². The van der Waals surface area contributed by atoms with Crippen LogP contribution in [0.15, 0.2) is 78.6 Å². The third-order valence-electron chi connectivity index (χ3n) is 4.92. The average Bonchev–Trinajstić information content (AvgIpc) is 3.00. The molecule has 0 saturated carbocycles. The highest BCUT2D eigenvalue weighted by Crippen LogP contribution is 2.42. The second-order valence-corrected chi connectivity index (χ2v) is 6.83. The number of aryl methyl sites for hydroxylation is 1. The van der Waals surface area contributed by atoms with E-state index >= 15 is 0 Å². The van der Waals surface area contributed by atoms with Crippen molar-refractivity contribution < 1.29 is 19.8 Å². The van der Waals surface area contributed by atoms with Crippen molar-refractivity contribution in [3.63, 3.8) is 0 Å². The quantitative estimate of drug-likeness (QED) is 0.407. The van der Waals surface area contributed by atoms with Gasteiger partial charge in [0.1, 0.15) is 11.5 Å². The van der Waals surface area contributed by atoms with Crippen molar-refractivity contribution in [2.45, 2.75) is 13.0 Å². The Hall–Kier alpha value is -3.93. The first-order valence-corrected chi connectivity index (χ1v) is 9.04. The minimum absolute atomic E-state index is 0.00698. The Morgan fingerprint density at radius 2 is 1.55 bits per heavy atom. The van der Waals surface area contributed by atoms with Crippen LogP contribution in [0.25, 0.3) is 5.76 Å². The zero-order chi connectivity index (χ0) is 20.5. The highest BCUT2D eigenvalue weighted by molar-refractivity contribution is 6.51. The molecular weight excluding hydrogens is 368 g/mol. The lowest BCUT2D eigenvalue weighted by atomic mass is 9.95. The molecule has 6 heteroatoms.